The molecule has 0 saturated heterocycles. The van der Waals surface area contributed by atoms with Gasteiger partial charge < -0.3 is 14.7 Å². The van der Waals surface area contributed by atoms with Crippen molar-refractivity contribution in [1.82, 2.24) is 0 Å². The highest BCUT2D eigenvalue weighted by Crippen LogP contribution is 2.47. The van der Waals surface area contributed by atoms with Crippen LogP contribution in [0.4, 0.5) is 0 Å². The predicted molar refractivity (Wildman–Crippen MR) is 143 cm³/mol. The topological polar surface area (TPSA) is 49.7 Å². The van der Waals surface area contributed by atoms with Gasteiger partial charge in [0.2, 0.25) is 0 Å². The lowest BCUT2D eigenvalue weighted by molar-refractivity contribution is 0.0848. The summed E-state index contributed by atoms with van der Waals surface area (Å²) < 4.78 is 6.33. The van der Waals surface area contributed by atoms with Gasteiger partial charge in [0.15, 0.2) is 0 Å². The molecule has 0 amide bonds. The molecule has 4 heteroatoms. The van der Waals surface area contributed by atoms with E-state index in [-0.39, 0.29) is 0 Å². The van der Waals surface area contributed by atoms with Crippen LogP contribution in [-0.4, -0.2) is 17.4 Å². The van der Waals surface area contributed by atoms with Gasteiger partial charge in [-0.25, -0.2) is 0 Å². The third-order valence-corrected chi connectivity index (χ3v) is 6.79. The summed E-state index contributed by atoms with van der Waals surface area (Å²) in [7, 11) is -2.01. The zero-order valence-corrected chi connectivity index (χ0v) is 19.0. The van der Waals surface area contributed by atoms with Crippen LogP contribution in [0.3, 0.4) is 0 Å². The van der Waals surface area contributed by atoms with Crippen molar-refractivity contribution < 1.29 is 14.7 Å². The molecule has 0 aliphatic heterocycles. The van der Waals surface area contributed by atoms with Crippen LogP contribution in [0.1, 0.15) is 16.7 Å². The van der Waals surface area contributed by atoms with E-state index in [0.717, 1.165) is 49.0 Å². The molecule has 0 radical (unpaired) electrons. The third-order valence-electron chi connectivity index (χ3n) is 6.79. The first-order valence-corrected chi connectivity index (χ1v) is 11.7. The van der Waals surface area contributed by atoms with E-state index in [1.54, 1.807) is 0 Å². The SMILES string of the molecule is OB(O)OC(c1cccc2ccccc12)(c1cccc2ccccc12)c1cccc2ccccc12. The van der Waals surface area contributed by atoms with Gasteiger partial charge in [0.25, 0.3) is 0 Å². The molecule has 3 nitrogen and oxygen atoms in total. The van der Waals surface area contributed by atoms with E-state index in [9.17, 15) is 10.0 Å². The molecular formula is C31H23BO3. The second-order valence-corrected chi connectivity index (χ2v) is 8.71. The molecule has 6 rings (SSSR count). The van der Waals surface area contributed by atoms with E-state index < -0.39 is 12.9 Å². The quantitative estimate of drug-likeness (QED) is 0.233. The minimum absolute atomic E-state index is 0.844. The third kappa shape index (κ3) is 3.51. The Labute approximate surface area is 204 Å². The second-order valence-electron chi connectivity index (χ2n) is 8.71. The fourth-order valence-electron chi connectivity index (χ4n) is 5.38. The number of fused-ring (bicyclic) bond motifs is 3. The van der Waals surface area contributed by atoms with Crippen molar-refractivity contribution in [3.8, 4) is 0 Å². The lowest BCUT2D eigenvalue weighted by Crippen LogP contribution is -2.39. The minimum atomic E-state index is -2.01. The first kappa shape index (κ1) is 21.6. The summed E-state index contributed by atoms with van der Waals surface area (Å²) in [5.74, 6) is 0. The van der Waals surface area contributed by atoms with Gasteiger partial charge in [-0.05, 0) is 49.0 Å². The Balaban J connectivity index is 1.85. The van der Waals surface area contributed by atoms with Crippen LogP contribution in [0, 0.1) is 0 Å². The Morgan fingerprint density at radius 1 is 0.429 bits per heavy atom. The Hall–Kier alpha value is -3.96. The Kier molecular flexibility index (Phi) is 5.35. The monoisotopic (exact) mass is 454 g/mol. The molecule has 0 aliphatic rings. The van der Waals surface area contributed by atoms with E-state index in [1.165, 1.54) is 0 Å². The molecule has 0 spiro atoms. The number of hydrogen-bond acceptors (Lipinski definition) is 3. The average molecular weight is 454 g/mol. The molecule has 0 aromatic heterocycles. The van der Waals surface area contributed by atoms with E-state index >= 15 is 0 Å². The van der Waals surface area contributed by atoms with Gasteiger partial charge in [-0.3, -0.25) is 0 Å². The van der Waals surface area contributed by atoms with Crippen LogP contribution in [0.15, 0.2) is 127 Å². The van der Waals surface area contributed by atoms with Crippen LogP contribution < -0.4 is 0 Å². The van der Waals surface area contributed by atoms with Gasteiger partial charge in [0, 0.05) is 0 Å². The Bertz CT molecular complexity index is 1470. The first-order valence-electron chi connectivity index (χ1n) is 11.7. The van der Waals surface area contributed by atoms with E-state index in [1.807, 2.05) is 72.8 Å². The summed E-state index contributed by atoms with van der Waals surface area (Å²) >= 11 is 0. The van der Waals surface area contributed by atoms with Gasteiger partial charge in [0.1, 0.15) is 5.60 Å². The molecule has 2 N–H and O–H groups in total. The fourth-order valence-corrected chi connectivity index (χ4v) is 5.38. The van der Waals surface area contributed by atoms with E-state index in [0.29, 0.717) is 0 Å². The average Bonchev–Trinajstić information content (AvgIpc) is 2.91. The molecule has 0 unspecified atom stereocenters. The molecular weight excluding hydrogens is 431 g/mol. The highest BCUT2D eigenvalue weighted by Gasteiger charge is 2.43. The summed E-state index contributed by atoms with van der Waals surface area (Å²) in [5, 5.41) is 26.9. The van der Waals surface area contributed by atoms with Crippen molar-refractivity contribution in [3.05, 3.63) is 144 Å². The zero-order chi connectivity index (χ0) is 23.8. The van der Waals surface area contributed by atoms with Gasteiger partial charge in [-0.15, -0.1) is 0 Å². The van der Waals surface area contributed by atoms with Gasteiger partial charge in [-0.2, -0.15) is 0 Å². The summed E-state index contributed by atoms with van der Waals surface area (Å²) in [4.78, 5) is 0. The van der Waals surface area contributed by atoms with Crippen molar-refractivity contribution in [1.29, 1.82) is 0 Å². The van der Waals surface area contributed by atoms with Crippen molar-refractivity contribution in [2.24, 2.45) is 0 Å². The minimum Gasteiger partial charge on any atom is -0.402 e. The van der Waals surface area contributed by atoms with Crippen LogP contribution in [0.2, 0.25) is 0 Å². The van der Waals surface area contributed by atoms with Gasteiger partial charge in [0.05, 0.1) is 0 Å². The van der Waals surface area contributed by atoms with Gasteiger partial charge >= 0.3 is 7.32 Å². The molecule has 6 aromatic rings. The lowest BCUT2D eigenvalue weighted by Gasteiger charge is -2.38. The lowest BCUT2D eigenvalue weighted by atomic mass is 9.74. The number of benzene rings is 6. The van der Waals surface area contributed by atoms with Gasteiger partial charge in [-0.1, -0.05) is 127 Å². The van der Waals surface area contributed by atoms with Crippen molar-refractivity contribution >= 4 is 39.6 Å². The maximum absolute atomic E-state index is 10.4. The zero-order valence-electron chi connectivity index (χ0n) is 19.0. The summed E-state index contributed by atoms with van der Waals surface area (Å²) in [6.45, 7) is 0. The predicted octanol–water partition coefficient (Wildman–Crippen LogP) is 6.42. The molecule has 0 aliphatic carbocycles. The summed E-state index contributed by atoms with van der Waals surface area (Å²) in [6, 6.07) is 42.6. The smallest absolute Gasteiger partial charge is 0.402 e. The number of rotatable bonds is 5. The normalized spacial score (nSPS) is 11.8. The largest absolute Gasteiger partial charge is 0.635 e. The number of hydrogen-bond donors (Lipinski definition) is 2. The molecule has 0 bridgehead atoms. The summed E-state index contributed by atoms with van der Waals surface area (Å²) in [5.41, 5.74) is 1.22. The van der Waals surface area contributed by atoms with E-state index in [2.05, 4.69) is 54.6 Å². The van der Waals surface area contributed by atoms with Crippen molar-refractivity contribution in [2.45, 2.75) is 5.60 Å². The molecule has 168 valence electrons. The molecule has 0 fully saturated rings. The Morgan fingerprint density at radius 2 is 0.743 bits per heavy atom. The fraction of sp³-hybridized carbons (Fsp3) is 0.0323. The molecule has 0 atom stereocenters. The first-order chi connectivity index (χ1) is 17.2. The van der Waals surface area contributed by atoms with Crippen LogP contribution >= 0.6 is 0 Å². The maximum Gasteiger partial charge on any atom is 0.635 e. The van der Waals surface area contributed by atoms with Crippen molar-refractivity contribution in [3.63, 3.8) is 0 Å². The summed E-state index contributed by atoms with van der Waals surface area (Å²) in [6.07, 6.45) is 0. The standard InChI is InChI=1S/C31H23BO3/c33-32(34)35-31(28-19-7-13-22-10-1-4-16-25(22)28,29-20-8-14-23-11-2-5-17-26(23)29)30-21-9-15-24-12-3-6-18-27(24)30/h1-21,33-34H. The maximum atomic E-state index is 10.4. The molecule has 35 heavy (non-hydrogen) atoms. The molecule has 0 heterocycles. The van der Waals surface area contributed by atoms with Crippen LogP contribution in [0.5, 0.6) is 0 Å². The molecule has 6 aromatic carbocycles. The highest BCUT2D eigenvalue weighted by atomic mass is 16.6. The van der Waals surface area contributed by atoms with Crippen LogP contribution in [0.25, 0.3) is 32.3 Å². The van der Waals surface area contributed by atoms with E-state index in [4.69, 9.17) is 4.65 Å². The van der Waals surface area contributed by atoms with Crippen molar-refractivity contribution in [2.75, 3.05) is 0 Å². The molecule has 0 saturated carbocycles. The highest BCUT2D eigenvalue weighted by molar-refractivity contribution is 6.33. The Morgan fingerprint density at radius 3 is 1.09 bits per heavy atom. The second kappa shape index (κ2) is 8.68. The van der Waals surface area contributed by atoms with Crippen LogP contribution in [-0.2, 0) is 10.3 Å².